The Balaban J connectivity index is 2.64. The van der Waals surface area contributed by atoms with E-state index >= 15 is 0 Å². The molecule has 0 aromatic carbocycles. The summed E-state index contributed by atoms with van der Waals surface area (Å²) in [7, 11) is -1.74. The Morgan fingerprint density at radius 3 is 2.50 bits per heavy atom. The van der Waals surface area contributed by atoms with Gasteiger partial charge in [0.15, 0.2) is 8.32 Å². The third-order valence-corrected chi connectivity index (χ3v) is 8.38. The lowest BCUT2D eigenvalue weighted by Crippen LogP contribution is -2.48. The highest BCUT2D eigenvalue weighted by Gasteiger charge is 2.40. The van der Waals surface area contributed by atoms with Crippen LogP contribution in [0.1, 0.15) is 33.6 Å². The van der Waals surface area contributed by atoms with Crippen LogP contribution in [0.5, 0.6) is 0 Å². The lowest BCUT2D eigenvalue weighted by molar-refractivity contribution is 0.0305. The molecule has 96 valence electrons. The molecule has 1 aliphatic heterocycles. The van der Waals surface area contributed by atoms with E-state index in [-0.39, 0.29) is 17.2 Å². The first-order chi connectivity index (χ1) is 7.24. The van der Waals surface area contributed by atoms with Crippen molar-refractivity contribution in [2.24, 2.45) is 0 Å². The van der Waals surface area contributed by atoms with Crippen molar-refractivity contribution in [1.82, 2.24) is 5.32 Å². The minimum Gasteiger partial charge on any atom is -0.411 e. The van der Waals surface area contributed by atoms with E-state index in [1.807, 2.05) is 0 Å². The molecule has 3 nitrogen and oxygen atoms in total. The monoisotopic (exact) mass is 245 g/mol. The molecular weight excluding hydrogens is 218 g/mol. The predicted molar refractivity (Wildman–Crippen MR) is 70.2 cm³/mol. The van der Waals surface area contributed by atoms with E-state index in [0.29, 0.717) is 6.54 Å². The molecule has 1 aliphatic rings. The van der Waals surface area contributed by atoms with Crippen molar-refractivity contribution >= 4 is 8.32 Å². The minimum atomic E-state index is -1.74. The summed E-state index contributed by atoms with van der Waals surface area (Å²) in [6.45, 7) is 12.9. The van der Waals surface area contributed by atoms with Gasteiger partial charge in [0.1, 0.15) is 0 Å². The first-order valence-corrected chi connectivity index (χ1v) is 9.21. The smallest absolute Gasteiger partial charge is 0.192 e. The number of nitrogens with one attached hydrogen (secondary N) is 1. The third kappa shape index (κ3) is 3.55. The molecule has 1 rings (SSSR count). The standard InChI is InChI=1S/C12H27NO2Si/c1-12(2,3)16(4,5)15-11-7-6-8-13-9-10(11)14/h10-11,13-14H,6-9H2,1-5H3/t10-,11-/m1/s1. The fourth-order valence-electron chi connectivity index (χ4n) is 1.69. The highest BCUT2D eigenvalue weighted by Crippen LogP contribution is 2.38. The Morgan fingerprint density at radius 1 is 1.31 bits per heavy atom. The van der Waals surface area contributed by atoms with Gasteiger partial charge in [0.25, 0.3) is 0 Å². The summed E-state index contributed by atoms with van der Waals surface area (Å²) in [6.07, 6.45) is 1.74. The summed E-state index contributed by atoms with van der Waals surface area (Å²) in [6, 6.07) is 0. The SMILES string of the molecule is CC(C)(C)[Si](C)(C)O[C@@H]1CCCNC[C@H]1O. The van der Waals surface area contributed by atoms with Crippen LogP contribution in [0.25, 0.3) is 0 Å². The van der Waals surface area contributed by atoms with E-state index in [4.69, 9.17) is 4.43 Å². The largest absolute Gasteiger partial charge is 0.411 e. The van der Waals surface area contributed by atoms with E-state index < -0.39 is 8.32 Å². The molecule has 0 radical (unpaired) electrons. The van der Waals surface area contributed by atoms with Gasteiger partial charge in [-0.2, -0.15) is 0 Å². The van der Waals surface area contributed by atoms with Gasteiger partial charge in [-0.05, 0) is 37.5 Å². The van der Waals surface area contributed by atoms with Gasteiger partial charge < -0.3 is 14.8 Å². The number of aliphatic hydroxyl groups is 1. The summed E-state index contributed by atoms with van der Waals surface area (Å²) in [5.41, 5.74) is 0. The molecule has 0 saturated carbocycles. The third-order valence-electron chi connectivity index (χ3n) is 3.88. The zero-order valence-electron chi connectivity index (χ0n) is 11.3. The molecule has 0 aliphatic carbocycles. The number of hydrogen-bond acceptors (Lipinski definition) is 3. The molecule has 0 aromatic heterocycles. The van der Waals surface area contributed by atoms with Gasteiger partial charge in [-0.25, -0.2) is 0 Å². The molecular formula is C12H27NO2Si. The van der Waals surface area contributed by atoms with E-state index in [0.717, 1.165) is 19.4 Å². The highest BCUT2D eigenvalue weighted by molar-refractivity contribution is 6.74. The molecule has 1 heterocycles. The molecule has 0 unspecified atom stereocenters. The Bertz CT molecular complexity index is 226. The van der Waals surface area contributed by atoms with Crippen LogP contribution in [0.2, 0.25) is 18.1 Å². The molecule has 0 aromatic rings. The summed E-state index contributed by atoms with van der Waals surface area (Å²) in [5, 5.41) is 13.5. The van der Waals surface area contributed by atoms with Crippen LogP contribution in [0.3, 0.4) is 0 Å². The first kappa shape index (κ1) is 14.2. The Kier molecular flexibility index (Phi) is 4.57. The Hall–Kier alpha value is 0.0969. The number of rotatable bonds is 2. The normalized spacial score (nSPS) is 28.9. The second-order valence-electron chi connectivity index (χ2n) is 6.33. The zero-order chi connectivity index (χ0) is 12.4. The van der Waals surface area contributed by atoms with Gasteiger partial charge in [0.05, 0.1) is 12.2 Å². The van der Waals surface area contributed by atoms with Gasteiger partial charge in [0.2, 0.25) is 0 Å². The number of aliphatic hydroxyl groups excluding tert-OH is 1. The van der Waals surface area contributed by atoms with Crippen LogP contribution < -0.4 is 5.32 Å². The fraction of sp³-hybridized carbons (Fsp3) is 1.00. The number of hydrogen-bond donors (Lipinski definition) is 2. The van der Waals surface area contributed by atoms with Gasteiger partial charge in [-0.15, -0.1) is 0 Å². The molecule has 0 amide bonds. The molecule has 1 fully saturated rings. The summed E-state index contributed by atoms with van der Waals surface area (Å²) in [4.78, 5) is 0. The fourth-order valence-corrected chi connectivity index (χ4v) is 3.08. The molecule has 0 bridgehead atoms. The maximum absolute atomic E-state index is 10.0. The molecule has 2 N–H and O–H groups in total. The average Bonchev–Trinajstić information content (AvgIpc) is 2.30. The van der Waals surface area contributed by atoms with Crippen molar-refractivity contribution in [3.8, 4) is 0 Å². The van der Waals surface area contributed by atoms with Crippen molar-refractivity contribution in [1.29, 1.82) is 0 Å². The maximum Gasteiger partial charge on any atom is 0.192 e. The van der Waals surface area contributed by atoms with Gasteiger partial charge in [0, 0.05) is 6.54 Å². The number of β-amino-alcohol motifs (C(OH)–C–C–N with tert-alkyl or cyclic N) is 1. The van der Waals surface area contributed by atoms with E-state index in [2.05, 4.69) is 39.2 Å². The molecule has 1 saturated heterocycles. The Labute approximate surface area is 101 Å². The van der Waals surface area contributed by atoms with E-state index in [9.17, 15) is 5.11 Å². The molecule has 0 spiro atoms. The predicted octanol–water partition coefficient (Wildman–Crippen LogP) is 2.12. The Morgan fingerprint density at radius 2 is 1.94 bits per heavy atom. The quantitative estimate of drug-likeness (QED) is 0.732. The van der Waals surface area contributed by atoms with Crippen molar-refractivity contribution in [2.75, 3.05) is 13.1 Å². The van der Waals surface area contributed by atoms with Crippen molar-refractivity contribution in [3.63, 3.8) is 0 Å². The van der Waals surface area contributed by atoms with Crippen molar-refractivity contribution in [2.45, 2.75) is 64.0 Å². The van der Waals surface area contributed by atoms with Crippen LogP contribution in [0, 0.1) is 0 Å². The molecule has 16 heavy (non-hydrogen) atoms. The van der Waals surface area contributed by atoms with Crippen LogP contribution in [-0.2, 0) is 4.43 Å². The van der Waals surface area contributed by atoms with Gasteiger partial charge >= 0.3 is 0 Å². The molecule has 2 atom stereocenters. The summed E-state index contributed by atoms with van der Waals surface area (Å²) < 4.78 is 6.28. The maximum atomic E-state index is 10.0. The van der Waals surface area contributed by atoms with Crippen LogP contribution >= 0.6 is 0 Å². The second-order valence-corrected chi connectivity index (χ2v) is 11.1. The zero-order valence-corrected chi connectivity index (χ0v) is 12.3. The summed E-state index contributed by atoms with van der Waals surface area (Å²) >= 11 is 0. The van der Waals surface area contributed by atoms with Crippen LogP contribution in [-0.4, -0.2) is 38.7 Å². The van der Waals surface area contributed by atoms with Crippen molar-refractivity contribution < 1.29 is 9.53 Å². The van der Waals surface area contributed by atoms with Crippen molar-refractivity contribution in [3.05, 3.63) is 0 Å². The lowest BCUT2D eigenvalue weighted by atomic mass is 10.1. The topological polar surface area (TPSA) is 41.5 Å². The average molecular weight is 245 g/mol. The van der Waals surface area contributed by atoms with Crippen LogP contribution in [0.4, 0.5) is 0 Å². The van der Waals surface area contributed by atoms with Crippen LogP contribution in [0.15, 0.2) is 0 Å². The van der Waals surface area contributed by atoms with Gasteiger partial charge in [-0.3, -0.25) is 0 Å². The lowest BCUT2D eigenvalue weighted by Gasteiger charge is -2.40. The van der Waals surface area contributed by atoms with E-state index in [1.165, 1.54) is 0 Å². The second kappa shape index (κ2) is 5.17. The summed E-state index contributed by atoms with van der Waals surface area (Å²) in [5.74, 6) is 0. The van der Waals surface area contributed by atoms with Gasteiger partial charge in [-0.1, -0.05) is 20.8 Å². The molecule has 4 heteroatoms. The highest BCUT2D eigenvalue weighted by atomic mass is 28.4. The minimum absolute atomic E-state index is 0.0240. The first-order valence-electron chi connectivity index (χ1n) is 6.30. The van der Waals surface area contributed by atoms with E-state index in [1.54, 1.807) is 0 Å².